The van der Waals surface area contributed by atoms with Crippen molar-refractivity contribution >= 4 is 22.1 Å². The molecule has 20 heavy (non-hydrogen) atoms. The Kier molecular flexibility index (Phi) is 5.66. The molecule has 0 N–H and O–H groups in total. The predicted molar refractivity (Wildman–Crippen MR) is 82.9 cm³/mol. The largest absolute Gasteiger partial charge is 0.497 e. The molecule has 1 aromatic rings. The minimum absolute atomic E-state index is 0.00110. The second kappa shape index (κ2) is 7.01. The standard InChI is InChI=1S/C15H19NO3S/c1-18-14-7-5-12(6-8-14)9-13(10-16)15(17)19-11-20(2,3)4/h5-9H,11H2,1-4H3/b13-9+. The first-order valence-corrected chi connectivity index (χ1v) is 8.97. The third-order valence-electron chi connectivity index (χ3n) is 2.31. The van der Waals surface area contributed by atoms with Crippen LogP contribution in [0.15, 0.2) is 29.8 Å². The number of ether oxygens (including phenoxy) is 2. The maximum atomic E-state index is 11.8. The Morgan fingerprint density at radius 3 is 2.35 bits per heavy atom. The van der Waals surface area contributed by atoms with Gasteiger partial charge in [-0.05, 0) is 42.5 Å². The molecule has 0 spiro atoms. The van der Waals surface area contributed by atoms with Crippen LogP contribution in [0.1, 0.15) is 5.56 Å². The van der Waals surface area contributed by atoms with Gasteiger partial charge in [0.1, 0.15) is 23.3 Å². The van der Waals surface area contributed by atoms with E-state index >= 15 is 0 Å². The Balaban J connectivity index is 2.81. The summed E-state index contributed by atoms with van der Waals surface area (Å²) >= 11 is 0. The van der Waals surface area contributed by atoms with Crippen molar-refractivity contribution in [3.05, 3.63) is 35.4 Å². The van der Waals surface area contributed by atoms with Crippen molar-refractivity contribution in [1.29, 1.82) is 5.26 Å². The first-order valence-electron chi connectivity index (χ1n) is 5.95. The van der Waals surface area contributed by atoms with E-state index in [9.17, 15) is 4.79 Å². The van der Waals surface area contributed by atoms with Gasteiger partial charge in [-0.1, -0.05) is 12.1 Å². The quantitative estimate of drug-likeness (QED) is 0.476. The maximum absolute atomic E-state index is 11.8. The SMILES string of the molecule is COc1ccc(/C=C(\C#N)C(=O)OCS(C)(C)C)cc1. The zero-order valence-electron chi connectivity index (χ0n) is 12.2. The number of hydrogen-bond acceptors (Lipinski definition) is 4. The topological polar surface area (TPSA) is 59.3 Å². The van der Waals surface area contributed by atoms with E-state index in [2.05, 4.69) is 0 Å². The highest BCUT2D eigenvalue weighted by molar-refractivity contribution is 8.32. The molecule has 1 aromatic carbocycles. The summed E-state index contributed by atoms with van der Waals surface area (Å²) in [5, 5.41) is 9.05. The van der Waals surface area contributed by atoms with Gasteiger partial charge in [-0.25, -0.2) is 14.8 Å². The Morgan fingerprint density at radius 1 is 1.30 bits per heavy atom. The highest BCUT2D eigenvalue weighted by Crippen LogP contribution is 2.34. The molecule has 0 saturated carbocycles. The fraction of sp³-hybridized carbons (Fsp3) is 0.333. The number of nitrogens with zero attached hydrogens (tertiary/aromatic N) is 1. The molecule has 0 fully saturated rings. The average Bonchev–Trinajstić information content (AvgIpc) is 2.42. The van der Waals surface area contributed by atoms with Crippen molar-refractivity contribution in [3.63, 3.8) is 0 Å². The summed E-state index contributed by atoms with van der Waals surface area (Å²) in [5.74, 6) is 0.498. The van der Waals surface area contributed by atoms with Gasteiger partial charge in [-0.15, -0.1) is 0 Å². The number of nitriles is 1. The summed E-state index contributed by atoms with van der Waals surface area (Å²) in [6.45, 7) is 0. The van der Waals surface area contributed by atoms with Gasteiger partial charge in [0.2, 0.25) is 0 Å². The molecule has 0 aromatic heterocycles. The normalized spacial score (nSPS) is 12.4. The fourth-order valence-electron chi connectivity index (χ4n) is 1.31. The van der Waals surface area contributed by atoms with Crippen LogP contribution in [0.25, 0.3) is 6.08 Å². The maximum Gasteiger partial charge on any atom is 0.349 e. The van der Waals surface area contributed by atoms with Gasteiger partial charge < -0.3 is 9.47 Å². The lowest BCUT2D eigenvalue weighted by atomic mass is 10.1. The smallest absolute Gasteiger partial charge is 0.349 e. The second-order valence-electron chi connectivity index (χ2n) is 5.08. The predicted octanol–water partition coefficient (Wildman–Crippen LogP) is 2.80. The molecule has 0 unspecified atom stereocenters. The number of methoxy groups -OCH3 is 1. The molecule has 5 heteroatoms. The molecule has 0 aliphatic heterocycles. The average molecular weight is 293 g/mol. The second-order valence-corrected chi connectivity index (χ2v) is 9.50. The van der Waals surface area contributed by atoms with Gasteiger partial charge in [0, 0.05) is 0 Å². The van der Waals surface area contributed by atoms with Crippen LogP contribution in [0.3, 0.4) is 0 Å². The highest BCUT2D eigenvalue weighted by Gasteiger charge is 2.13. The van der Waals surface area contributed by atoms with Crippen molar-refractivity contribution in [2.45, 2.75) is 0 Å². The number of carbonyl (C=O) groups excluding carboxylic acids is 1. The van der Waals surface area contributed by atoms with Gasteiger partial charge in [0.15, 0.2) is 0 Å². The molecule has 0 atom stereocenters. The number of esters is 1. The van der Waals surface area contributed by atoms with Crippen LogP contribution in [-0.2, 0) is 9.53 Å². The van der Waals surface area contributed by atoms with Gasteiger partial charge in [0.05, 0.1) is 7.11 Å². The molecule has 0 amide bonds. The summed E-state index contributed by atoms with van der Waals surface area (Å²) < 4.78 is 10.2. The molecule has 0 saturated heterocycles. The molecule has 108 valence electrons. The van der Waals surface area contributed by atoms with Crippen LogP contribution in [0.2, 0.25) is 0 Å². The lowest BCUT2D eigenvalue weighted by molar-refractivity contribution is -0.136. The molecule has 4 nitrogen and oxygen atoms in total. The lowest BCUT2D eigenvalue weighted by Crippen LogP contribution is -2.11. The van der Waals surface area contributed by atoms with Crippen molar-refractivity contribution in [2.75, 3.05) is 31.8 Å². The van der Waals surface area contributed by atoms with Crippen molar-refractivity contribution in [3.8, 4) is 11.8 Å². The Labute approximate surface area is 121 Å². The Morgan fingerprint density at radius 2 is 1.90 bits per heavy atom. The third-order valence-corrected chi connectivity index (χ3v) is 3.14. The van der Waals surface area contributed by atoms with E-state index in [4.69, 9.17) is 14.7 Å². The van der Waals surface area contributed by atoms with Crippen molar-refractivity contribution < 1.29 is 14.3 Å². The van der Waals surface area contributed by atoms with Gasteiger partial charge in [0.25, 0.3) is 0 Å². The van der Waals surface area contributed by atoms with Gasteiger partial charge in [-0.3, -0.25) is 0 Å². The first kappa shape index (κ1) is 16.1. The summed E-state index contributed by atoms with van der Waals surface area (Å²) in [6, 6.07) is 8.97. The van der Waals surface area contributed by atoms with E-state index in [0.29, 0.717) is 5.94 Å². The van der Waals surface area contributed by atoms with E-state index in [0.717, 1.165) is 11.3 Å². The molecule has 0 radical (unpaired) electrons. The van der Waals surface area contributed by atoms with Crippen LogP contribution in [0.5, 0.6) is 5.75 Å². The van der Waals surface area contributed by atoms with Crippen molar-refractivity contribution in [1.82, 2.24) is 0 Å². The van der Waals surface area contributed by atoms with E-state index in [1.807, 2.05) is 24.8 Å². The first-order chi connectivity index (χ1) is 9.35. The van der Waals surface area contributed by atoms with Gasteiger partial charge in [-0.2, -0.15) is 5.26 Å². The number of benzene rings is 1. The van der Waals surface area contributed by atoms with E-state index < -0.39 is 16.0 Å². The number of carbonyl (C=O) groups is 1. The monoisotopic (exact) mass is 293 g/mol. The van der Waals surface area contributed by atoms with Crippen LogP contribution in [-0.4, -0.2) is 37.8 Å². The Bertz CT molecular complexity index is 536. The Hall–Kier alpha value is -1.93. The van der Waals surface area contributed by atoms with Crippen LogP contribution >= 0.6 is 10.0 Å². The van der Waals surface area contributed by atoms with E-state index in [1.54, 1.807) is 31.4 Å². The molecule has 0 aliphatic rings. The molecular formula is C15H19NO3S. The lowest BCUT2D eigenvalue weighted by Gasteiger charge is -2.23. The zero-order valence-corrected chi connectivity index (χ0v) is 13.0. The van der Waals surface area contributed by atoms with E-state index in [-0.39, 0.29) is 5.57 Å². The summed E-state index contributed by atoms with van der Waals surface area (Å²) in [5.41, 5.74) is 0.751. The van der Waals surface area contributed by atoms with E-state index in [1.165, 1.54) is 6.08 Å². The summed E-state index contributed by atoms with van der Waals surface area (Å²) in [6.07, 6.45) is 7.64. The molecular weight excluding hydrogens is 274 g/mol. The molecule has 1 rings (SSSR count). The third kappa shape index (κ3) is 5.37. The fourth-order valence-corrected chi connectivity index (χ4v) is 1.77. The molecule has 0 bridgehead atoms. The van der Waals surface area contributed by atoms with Crippen LogP contribution < -0.4 is 4.74 Å². The van der Waals surface area contributed by atoms with Crippen molar-refractivity contribution in [2.24, 2.45) is 0 Å². The number of rotatable bonds is 5. The van der Waals surface area contributed by atoms with Crippen LogP contribution in [0.4, 0.5) is 0 Å². The minimum atomic E-state index is -0.939. The molecule has 0 heterocycles. The number of hydrogen-bond donors (Lipinski definition) is 0. The van der Waals surface area contributed by atoms with Gasteiger partial charge >= 0.3 is 5.97 Å². The summed E-state index contributed by atoms with van der Waals surface area (Å²) in [7, 11) is 0.642. The highest BCUT2D eigenvalue weighted by atomic mass is 32.3. The van der Waals surface area contributed by atoms with Crippen LogP contribution in [0, 0.1) is 11.3 Å². The molecule has 0 aliphatic carbocycles. The minimum Gasteiger partial charge on any atom is -0.497 e. The zero-order chi connectivity index (χ0) is 15.2. The summed E-state index contributed by atoms with van der Waals surface area (Å²) in [4.78, 5) is 11.8.